The smallest absolute Gasteiger partial charge is 0.145 e. The van der Waals surface area contributed by atoms with Gasteiger partial charge in [-0.05, 0) is 18.4 Å². The molecule has 0 amide bonds. The van der Waals surface area contributed by atoms with Crippen molar-refractivity contribution in [1.82, 2.24) is 0 Å². The summed E-state index contributed by atoms with van der Waals surface area (Å²) in [4.78, 5) is 0. The third-order valence-electron chi connectivity index (χ3n) is 4.37. The summed E-state index contributed by atoms with van der Waals surface area (Å²) in [6.45, 7) is 0. The summed E-state index contributed by atoms with van der Waals surface area (Å²) < 4.78 is 10.7. The Morgan fingerprint density at radius 3 is 2.33 bits per heavy atom. The Morgan fingerprint density at radius 1 is 1.10 bits per heavy atom. The fraction of sp³-hybridized carbons (Fsp3) is 0.647. The Hall–Kier alpha value is -0.600. The highest BCUT2D eigenvalue weighted by Gasteiger charge is 2.23. The monoisotopic (exact) mass is 330 g/mol. The zero-order valence-corrected chi connectivity index (χ0v) is 14.3. The van der Waals surface area contributed by atoms with Crippen LogP contribution in [0.2, 0.25) is 5.02 Å². The SMILES string of the molecule is COc1ccc(C(Cl)CC2CCCCCC2)c(OC)c1Cl. The summed E-state index contributed by atoms with van der Waals surface area (Å²) in [6, 6.07) is 3.83. The molecule has 21 heavy (non-hydrogen) atoms. The molecule has 1 aliphatic rings. The third kappa shape index (κ3) is 4.20. The van der Waals surface area contributed by atoms with E-state index in [4.69, 9.17) is 32.7 Å². The maximum Gasteiger partial charge on any atom is 0.145 e. The second-order valence-corrected chi connectivity index (χ2v) is 6.67. The van der Waals surface area contributed by atoms with E-state index in [1.54, 1.807) is 14.2 Å². The molecule has 1 atom stereocenters. The number of ether oxygens (including phenoxy) is 2. The molecular weight excluding hydrogens is 307 g/mol. The van der Waals surface area contributed by atoms with E-state index in [1.165, 1.54) is 38.5 Å². The number of alkyl halides is 1. The number of halogens is 2. The summed E-state index contributed by atoms with van der Waals surface area (Å²) in [5.41, 5.74) is 0.967. The highest BCUT2D eigenvalue weighted by molar-refractivity contribution is 6.34. The van der Waals surface area contributed by atoms with Crippen LogP contribution in [0.25, 0.3) is 0 Å². The number of hydrogen-bond donors (Lipinski definition) is 0. The Balaban J connectivity index is 2.14. The van der Waals surface area contributed by atoms with Crippen LogP contribution in [0.15, 0.2) is 12.1 Å². The van der Waals surface area contributed by atoms with Gasteiger partial charge < -0.3 is 9.47 Å². The molecule has 0 aromatic heterocycles. The Labute approximate surface area is 137 Å². The lowest BCUT2D eigenvalue weighted by atomic mass is 9.92. The second kappa shape index (κ2) is 8.14. The molecule has 0 saturated heterocycles. The van der Waals surface area contributed by atoms with Gasteiger partial charge in [0.1, 0.15) is 16.5 Å². The van der Waals surface area contributed by atoms with Crippen LogP contribution in [-0.2, 0) is 0 Å². The van der Waals surface area contributed by atoms with Crippen molar-refractivity contribution in [1.29, 1.82) is 0 Å². The molecule has 0 N–H and O–H groups in total. The van der Waals surface area contributed by atoms with E-state index < -0.39 is 0 Å². The number of rotatable bonds is 5. The predicted molar refractivity (Wildman–Crippen MR) is 89.0 cm³/mol. The molecule has 4 heteroatoms. The van der Waals surface area contributed by atoms with Crippen LogP contribution in [0.1, 0.15) is 55.9 Å². The van der Waals surface area contributed by atoms with Gasteiger partial charge in [0.25, 0.3) is 0 Å². The quantitative estimate of drug-likeness (QED) is 0.487. The minimum absolute atomic E-state index is 0.0635. The molecular formula is C17H24Cl2O2. The van der Waals surface area contributed by atoms with E-state index in [1.807, 2.05) is 12.1 Å². The molecule has 1 saturated carbocycles. The van der Waals surface area contributed by atoms with Gasteiger partial charge in [-0.15, -0.1) is 11.6 Å². The van der Waals surface area contributed by atoms with Crippen molar-refractivity contribution in [3.8, 4) is 11.5 Å². The van der Waals surface area contributed by atoms with E-state index >= 15 is 0 Å². The molecule has 0 radical (unpaired) electrons. The first-order chi connectivity index (χ1) is 10.2. The van der Waals surface area contributed by atoms with Crippen molar-refractivity contribution in [2.45, 2.75) is 50.3 Å². The van der Waals surface area contributed by atoms with Crippen LogP contribution >= 0.6 is 23.2 Å². The Kier molecular flexibility index (Phi) is 6.50. The Morgan fingerprint density at radius 2 is 1.76 bits per heavy atom. The van der Waals surface area contributed by atoms with Crippen molar-refractivity contribution < 1.29 is 9.47 Å². The lowest BCUT2D eigenvalue weighted by Gasteiger charge is -2.21. The fourth-order valence-corrected chi connectivity index (χ4v) is 3.93. The lowest BCUT2D eigenvalue weighted by molar-refractivity contribution is 0.384. The van der Waals surface area contributed by atoms with Crippen LogP contribution in [0.5, 0.6) is 11.5 Å². The molecule has 0 spiro atoms. The topological polar surface area (TPSA) is 18.5 Å². The maximum absolute atomic E-state index is 6.66. The molecule has 1 fully saturated rings. The maximum atomic E-state index is 6.66. The molecule has 0 bridgehead atoms. The van der Waals surface area contributed by atoms with E-state index in [-0.39, 0.29) is 5.38 Å². The average molecular weight is 331 g/mol. The van der Waals surface area contributed by atoms with Gasteiger partial charge in [-0.2, -0.15) is 0 Å². The second-order valence-electron chi connectivity index (χ2n) is 5.77. The van der Waals surface area contributed by atoms with Gasteiger partial charge in [-0.25, -0.2) is 0 Å². The molecule has 0 heterocycles. The largest absolute Gasteiger partial charge is 0.495 e. The van der Waals surface area contributed by atoms with Gasteiger partial charge in [0.15, 0.2) is 0 Å². The molecule has 2 rings (SSSR count). The summed E-state index contributed by atoms with van der Waals surface area (Å²) in [5.74, 6) is 1.97. The minimum atomic E-state index is -0.0635. The van der Waals surface area contributed by atoms with Crippen LogP contribution < -0.4 is 9.47 Å². The van der Waals surface area contributed by atoms with Gasteiger partial charge in [0.2, 0.25) is 0 Å². The number of hydrogen-bond acceptors (Lipinski definition) is 2. The standard InChI is InChI=1S/C17H24Cl2O2/c1-20-15-10-9-13(17(21-2)16(15)19)14(18)11-12-7-5-3-4-6-8-12/h9-10,12,14H,3-8,11H2,1-2H3. The van der Waals surface area contributed by atoms with Crippen molar-refractivity contribution in [3.05, 3.63) is 22.7 Å². The molecule has 1 unspecified atom stereocenters. The summed E-state index contributed by atoms with van der Waals surface area (Å²) in [5, 5.41) is 0.440. The summed E-state index contributed by atoms with van der Waals surface area (Å²) in [6.07, 6.45) is 8.94. The van der Waals surface area contributed by atoms with Crippen molar-refractivity contribution >= 4 is 23.2 Å². The van der Waals surface area contributed by atoms with Gasteiger partial charge in [0.05, 0.1) is 19.6 Å². The summed E-state index contributed by atoms with van der Waals surface area (Å²) in [7, 11) is 3.23. The zero-order valence-electron chi connectivity index (χ0n) is 12.8. The normalized spacial score (nSPS) is 18.1. The van der Waals surface area contributed by atoms with Crippen molar-refractivity contribution in [2.75, 3.05) is 14.2 Å². The summed E-state index contributed by atoms with van der Waals surface area (Å²) >= 11 is 13.0. The highest BCUT2D eigenvalue weighted by Crippen LogP contribution is 2.44. The van der Waals surface area contributed by atoms with E-state index in [0.717, 1.165) is 12.0 Å². The van der Waals surface area contributed by atoms with Crippen LogP contribution in [0.4, 0.5) is 0 Å². The van der Waals surface area contributed by atoms with E-state index in [9.17, 15) is 0 Å². The first-order valence-corrected chi connectivity index (χ1v) is 8.53. The van der Waals surface area contributed by atoms with Gasteiger partial charge >= 0.3 is 0 Å². The minimum Gasteiger partial charge on any atom is -0.495 e. The number of benzene rings is 1. The van der Waals surface area contributed by atoms with E-state index in [2.05, 4.69) is 0 Å². The van der Waals surface area contributed by atoms with Crippen LogP contribution in [0, 0.1) is 5.92 Å². The fourth-order valence-electron chi connectivity index (χ4n) is 3.18. The molecule has 118 valence electrons. The molecule has 1 aliphatic carbocycles. The molecule has 0 aliphatic heterocycles. The van der Waals surface area contributed by atoms with Gasteiger partial charge in [0, 0.05) is 5.56 Å². The third-order valence-corrected chi connectivity index (χ3v) is 5.14. The van der Waals surface area contributed by atoms with Gasteiger partial charge in [-0.3, -0.25) is 0 Å². The predicted octanol–water partition coefficient (Wildman–Crippen LogP) is 6.00. The average Bonchev–Trinajstić information content (AvgIpc) is 2.75. The van der Waals surface area contributed by atoms with Crippen molar-refractivity contribution in [2.24, 2.45) is 5.92 Å². The molecule has 1 aromatic rings. The van der Waals surface area contributed by atoms with Gasteiger partial charge in [-0.1, -0.05) is 56.2 Å². The first-order valence-electron chi connectivity index (χ1n) is 7.71. The number of methoxy groups -OCH3 is 2. The van der Waals surface area contributed by atoms with Crippen LogP contribution in [0.3, 0.4) is 0 Å². The first kappa shape index (κ1) is 16.8. The Bertz CT molecular complexity index is 454. The van der Waals surface area contributed by atoms with Crippen LogP contribution in [-0.4, -0.2) is 14.2 Å². The zero-order chi connectivity index (χ0) is 15.2. The van der Waals surface area contributed by atoms with E-state index in [0.29, 0.717) is 22.4 Å². The molecule has 2 nitrogen and oxygen atoms in total. The molecule has 1 aromatic carbocycles. The highest BCUT2D eigenvalue weighted by atomic mass is 35.5. The lowest BCUT2D eigenvalue weighted by Crippen LogP contribution is -2.05. The van der Waals surface area contributed by atoms with Crippen molar-refractivity contribution in [3.63, 3.8) is 0 Å².